The van der Waals surface area contributed by atoms with Crippen molar-refractivity contribution in [2.75, 3.05) is 0 Å². The predicted molar refractivity (Wildman–Crippen MR) is 70.4 cm³/mol. The number of hydrogen-bond acceptors (Lipinski definition) is 2. The van der Waals surface area contributed by atoms with Crippen molar-refractivity contribution in [1.82, 2.24) is 0 Å². The quantitative estimate of drug-likeness (QED) is 0.835. The maximum absolute atomic E-state index is 9.96. The Balaban J connectivity index is 2.43. The highest BCUT2D eigenvalue weighted by Gasteiger charge is 2.12. The van der Waals surface area contributed by atoms with Gasteiger partial charge in [0.25, 0.3) is 0 Å². The van der Waals surface area contributed by atoms with Gasteiger partial charge < -0.3 is 5.11 Å². The minimum absolute atomic E-state index is 0.279. The van der Waals surface area contributed by atoms with Gasteiger partial charge in [-0.2, -0.15) is 0 Å². The average Bonchev–Trinajstić information content (AvgIpc) is 2.46. The normalized spacial score (nSPS) is 13.5. The van der Waals surface area contributed by atoms with E-state index < -0.39 is 0 Å². The summed E-state index contributed by atoms with van der Waals surface area (Å²) in [6.45, 7) is 6.51. The van der Waals surface area contributed by atoms with Gasteiger partial charge in [0.2, 0.25) is 0 Å². The first kappa shape index (κ1) is 13.2. The molecule has 0 fully saturated rings. The third kappa shape index (κ3) is 4.25. The van der Waals surface area contributed by atoms with Crippen LogP contribution in [0.1, 0.15) is 49.0 Å². The fourth-order valence-corrected chi connectivity index (χ4v) is 3.09. The molecule has 0 aliphatic carbocycles. The molecule has 0 saturated carbocycles. The molecule has 0 spiro atoms. The lowest BCUT2D eigenvalue weighted by Crippen LogP contribution is -1.96. The topological polar surface area (TPSA) is 20.2 Å². The largest absolute Gasteiger partial charge is 0.388 e. The minimum Gasteiger partial charge on any atom is -0.388 e. The number of thiophene rings is 1. The first-order chi connectivity index (χ1) is 7.00. The van der Waals surface area contributed by atoms with E-state index >= 15 is 0 Å². The van der Waals surface area contributed by atoms with E-state index in [4.69, 9.17) is 0 Å². The Morgan fingerprint density at radius 1 is 1.40 bits per heavy atom. The average molecular weight is 291 g/mol. The highest BCUT2D eigenvalue weighted by molar-refractivity contribution is 9.10. The summed E-state index contributed by atoms with van der Waals surface area (Å²) < 4.78 is 1.12. The first-order valence-corrected chi connectivity index (χ1v) is 7.05. The van der Waals surface area contributed by atoms with E-state index in [1.165, 1.54) is 11.3 Å². The SMILES string of the molecule is Cc1sc(C(O)CCCC(C)C)cc1Br. The van der Waals surface area contributed by atoms with E-state index in [1.54, 1.807) is 11.3 Å². The van der Waals surface area contributed by atoms with E-state index in [-0.39, 0.29) is 6.10 Å². The number of hydrogen-bond donors (Lipinski definition) is 1. The molecule has 1 unspecified atom stereocenters. The Morgan fingerprint density at radius 3 is 2.53 bits per heavy atom. The molecule has 0 amide bonds. The number of aryl methyl sites for hydroxylation is 1. The summed E-state index contributed by atoms with van der Waals surface area (Å²) in [5, 5.41) is 9.96. The van der Waals surface area contributed by atoms with Crippen LogP contribution in [-0.4, -0.2) is 5.11 Å². The lowest BCUT2D eigenvalue weighted by Gasteiger charge is -2.09. The molecule has 1 heterocycles. The van der Waals surface area contributed by atoms with Gasteiger partial charge in [-0.05, 0) is 41.3 Å². The van der Waals surface area contributed by atoms with Crippen LogP contribution in [0.15, 0.2) is 10.5 Å². The van der Waals surface area contributed by atoms with Crippen molar-refractivity contribution in [1.29, 1.82) is 0 Å². The summed E-state index contributed by atoms with van der Waals surface area (Å²) in [6.07, 6.45) is 2.90. The zero-order valence-electron chi connectivity index (χ0n) is 9.59. The van der Waals surface area contributed by atoms with Gasteiger partial charge in [0.15, 0.2) is 0 Å². The van der Waals surface area contributed by atoms with Gasteiger partial charge in [0.05, 0.1) is 6.10 Å². The molecule has 0 aliphatic heterocycles. The molecule has 15 heavy (non-hydrogen) atoms. The molecule has 1 nitrogen and oxygen atoms in total. The minimum atomic E-state index is -0.279. The molecule has 1 N–H and O–H groups in total. The fourth-order valence-electron chi connectivity index (χ4n) is 1.51. The first-order valence-electron chi connectivity index (χ1n) is 5.44. The van der Waals surface area contributed by atoms with Crippen LogP contribution >= 0.6 is 27.3 Å². The van der Waals surface area contributed by atoms with Crippen LogP contribution in [0.4, 0.5) is 0 Å². The van der Waals surface area contributed by atoms with E-state index in [0.29, 0.717) is 0 Å². The van der Waals surface area contributed by atoms with Crippen LogP contribution in [0, 0.1) is 12.8 Å². The Bertz CT molecular complexity index is 287. The zero-order chi connectivity index (χ0) is 11.4. The second-order valence-corrected chi connectivity index (χ2v) is 6.54. The number of aliphatic hydroxyl groups is 1. The van der Waals surface area contributed by atoms with Gasteiger partial charge >= 0.3 is 0 Å². The molecule has 0 saturated heterocycles. The van der Waals surface area contributed by atoms with Gasteiger partial charge in [0, 0.05) is 14.2 Å². The van der Waals surface area contributed by atoms with Crippen molar-refractivity contribution < 1.29 is 5.11 Å². The Hall–Kier alpha value is 0.140. The monoisotopic (exact) mass is 290 g/mol. The van der Waals surface area contributed by atoms with Crippen molar-refractivity contribution in [3.8, 4) is 0 Å². The molecule has 0 radical (unpaired) electrons. The van der Waals surface area contributed by atoms with Crippen molar-refractivity contribution in [2.45, 2.75) is 46.1 Å². The summed E-state index contributed by atoms with van der Waals surface area (Å²) in [6, 6.07) is 2.04. The van der Waals surface area contributed by atoms with Crippen molar-refractivity contribution in [2.24, 2.45) is 5.92 Å². The number of halogens is 1. The smallest absolute Gasteiger partial charge is 0.0882 e. The van der Waals surface area contributed by atoms with Gasteiger partial charge in [-0.15, -0.1) is 11.3 Å². The number of rotatable bonds is 5. The van der Waals surface area contributed by atoms with Gasteiger partial charge in [-0.25, -0.2) is 0 Å². The van der Waals surface area contributed by atoms with Crippen LogP contribution in [0.5, 0.6) is 0 Å². The van der Waals surface area contributed by atoms with Crippen molar-refractivity contribution in [3.63, 3.8) is 0 Å². The standard InChI is InChI=1S/C12H19BrOS/c1-8(2)5-4-6-11(14)12-7-10(13)9(3)15-12/h7-8,11,14H,4-6H2,1-3H3. The van der Waals surface area contributed by atoms with E-state index in [1.807, 2.05) is 6.07 Å². The predicted octanol–water partition coefficient (Wildman–Crippen LogP) is 4.68. The molecule has 1 aromatic heterocycles. The van der Waals surface area contributed by atoms with Gasteiger partial charge in [-0.3, -0.25) is 0 Å². The van der Waals surface area contributed by atoms with Crippen LogP contribution in [0.3, 0.4) is 0 Å². The van der Waals surface area contributed by atoms with E-state index in [9.17, 15) is 5.11 Å². The Labute approximate surface area is 105 Å². The van der Waals surface area contributed by atoms with Crippen LogP contribution < -0.4 is 0 Å². The Morgan fingerprint density at radius 2 is 2.07 bits per heavy atom. The molecule has 1 aromatic rings. The maximum atomic E-state index is 9.96. The second kappa shape index (κ2) is 6.02. The molecule has 1 rings (SSSR count). The van der Waals surface area contributed by atoms with Gasteiger partial charge in [-0.1, -0.05) is 26.7 Å². The summed E-state index contributed by atoms with van der Waals surface area (Å²) in [5.74, 6) is 0.731. The maximum Gasteiger partial charge on any atom is 0.0882 e. The van der Waals surface area contributed by atoms with E-state index in [2.05, 4.69) is 36.7 Å². The highest BCUT2D eigenvalue weighted by Crippen LogP contribution is 2.32. The lowest BCUT2D eigenvalue weighted by molar-refractivity contribution is 0.165. The molecule has 1 atom stereocenters. The summed E-state index contributed by atoms with van der Waals surface area (Å²) in [5.41, 5.74) is 0. The molecule has 3 heteroatoms. The summed E-state index contributed by atoms with van der Waals surface area (Å²) >= 11 is 5.16. The number of aliphatic hydroxyl groups excluding tert-OH is 1. The lowest BCUT2D eigenvalue weighted by atomic mass is 10.0. The van der Waals surface area contributed by atoms with Crippen LogP contribution in [0.25, 0.3) is 0 Å². The second-order valence-electron chi connectivity index (χ2n) is 4.39. The highest BCUT2D eigenvalue weighted by atomic mass is 79.9. The molecule has 0 bridgehead atoms. The molecular weight excluding hydrogens is 272 g/mol. The molecular formula is C12H19BrOS. The third-order valence-electron chi connectivity index (χ3n) is 2.46. The van der Waals surface area contributed by atoms with Crippen molar-refractivity contribution >= 4 is 27.3 Å². The zero-order valence-corrected chi connectivity index (χ0v) is 12.0. The van der Waals surface area contributed by atoms with E-state index in [0.717, 1.165) is 28.1 Å². The van der Waals surface area contributed by atoms with Crippen molar-refractivity contribution in [3.05, 3.63) is 20.3 Å². The van der Waals surface area contributed by atoms with Gasteiger partial charge in [0.1, 0.15) is 0 Å². The molecule has 0 aliphatic rings. The Kier molecular flexibility index (Phi) is 5.30. The fraction of sp³-hybridized carbons (Fsp3) is 0.667. The molecule has 0 aromatic carbocycles. The summed E-state index contributed by atoms with van der Waals surface area (Å²) in [7, 11) is 0. The van der Waals surface area contributed by atoms with Crippen LogP contribution in [0.2, 0.25) is 0 Å². The van der Waals surface area contributed by atoms with Crippen LogP contribution in [-0.2, 0) is 0 Å². The third-order valence-corrected chi connectivity index (χ3v) is 4.70. The summed E-state index contributed by atoms with van der Waals surface area (Å²) in [4.78, 5) is 2.33. The molecule has 86 valence electrons.